The first-order chi connectivity index (χ1) is 21.7. The summed E-state index contributed by atoms with van der Waals surface area (Å²) in [7, 11) is 0. The maximum atomic E-state index is 13.4. The minimum absolute atomic E-state index is 0.102. The standard InChI is InChI=1S/C35H40N4O6/c1-21(2)31(33(42)37-24-16-14-23(19-40)15-17-24)38-32(41)30-13-8-18-39(30)34(43)22(3)36-35(44)45-20-29-27-11-6-4-9-25(27)26-10-5-7-12-28(26)29/h4-7,9-12,14-17,21-22,29-31,40H,8,13,18-20H2,1-3H3,(H,36,44)(H,37,42)(H,38,41)/t22-,30+,31+/m1/s1. The number of hydrogen-bond donors (Lipinski definition) is 4. The van der Waals surface area contributed by atoms with E-state index in [1.807, 2.05) is 50.2 Å². The summed E-state index contributed by atoms with van der Waals surface area (Å²) in [6.07, 6.45) is 0.364. The van der Waals surface area contributed by atoms with E-state index in [2.05, 4.69) is 28.1 Å². The van der Waals surface area contributed by atoms with Crippen LogP contribution in [0.5, 0.6) is 0 Å². The van der Waals surface area contributed by atoms with E-state index in [9.17, 15) is 24.3 Å². The van der Waals surface area contributed by atoms with Gasteiger partial charge in [0.2, 0.25) is 17.7 Å². The maximum absolute atomic E-state index is 13.4. The first kappa shape index (κ1) is 31.7. The Morgan fingerprint density at radius 1 is 0.889 bits per heavy atom. The molecular weight excluding hydrogens is 572 g/mol. The SMILES string of the molecule is CC(C)[C@H](NC(=O)[C@@H]1CCCN1C(=O)[C@@H](C)NC(=O)OCC1c2ccccc2-c2ccccc21)C(=O)Nc1ccc(CO)cc1. The van der Waals surface area contributed by atoms with Gasteiger partial charge in [0, 0.05) is 18.2 Å². The lowest BCUT2D eigenvalue weighted by atomic mass is 9.98. The number of amides is 4. The van der Waals surface area contributed by atoms with Gasteiger partial charge in [0.05, 0.1) is 6.61 Å². The number of benzene rings is 3. The van der Waals surface area contributed by atoms with Gasteiger partial charge in [0.1, 0.15) is 24.7 Å². The summed E-state index contributed by atoms with van der Waals surface area (Å²) in [6.45, 7) is 5.62. The lowest BCUT2D eigenvalue weighted by molar-refractivity contribution is -0.140. The molecule has 10 nitrogen and oxygen atoms in total. The zero-order valence-corrected chi connectivity index (χ0v) is 25.8. The van der Waals surface area contributed by atoms with Crippen LogP contribution in [0.1, 0.15) is 56.2 Å². The molecule has 0 aromatic heterocycles. The smallest absolute Gasteiger partial charge is 0.407 e. The molecule has 3 atom stereocenters. The lowest BCUT2D eigenvalue weighted by Crippen LogP contribution is -2.56. The number of anilines is 1. The Kier molecular flexibility index (Phi) is 9.83. The second-order valence-electron chi connectivity index (χ2n) is 12.0. The van der Waals surface area contributed by atoms with Crippen molar-refractivity contribution in [2.75, 3.05) is 18.5 Å². The normalized spacial score (nSPS) is 16.8. The molecule has 0 bridgehead atoms. The van der Waals surface area contributed by atoms with Gasteiger partial charge < -0.3 is 30.7 Å². The summed E-state index contributed by atoms with van der Waals surface area (Å²) in [5, 5.41) is 17.5. The Labute approximate surface area is 263 Å². The molecule has 3 aromatic carbocycles. The molecule has 236 valence electrons. The number of hydrogen-bond acceptors (Lipinski definition) is 6. The molecule has 5 rings (SSSR count). The van der Waals surface area contributed by atoms with Crippen molar-refractivity contribution in [3.63, 3.8) is 0 Å². The van der Waals surface area contributed by atoms with Crippen molar-refractivity contribution in [2.45, 2.75) is 64.3 Å². The monoisotopic (exact) mass is 612 g/mol. The predicted octanol–water partition coefficient (Wildman–Crippen LogP) is 4.18. The van der Waals surface area contributed by atoms with Crippen LogP contribution in [0.25, 0.3) is 11.1 Å². The van der Waals surface area contributed by atoms with Crippen molar-refractivity contribution in [3.05, 3.63) is 89.5 Å². The number of aliphatic hydroxyl groups excluding tert-OH is 1. The molecular formula is C35H40N4O6. The number of nitrogens with one attached hydrogen (secondary N) is 3. The highest BCUT2D eigenvalue weighted by Crippen LogP contribution is 2.44. The molecule has 3 aromatic rings. The van der Waals surface area contributed by atoms with Crippen LogP contribution in [-0.2, 0) is 25.7 Å². The Hall–Kier alpha value is -4.70. The molecule has 1 fully saturated rings. The number of alkyl carbamates (subject to hydrolysis) is 1. The molecule has 0 saturated carbocycles. The predicted molar refractivity (Wildman–Crippen MR) is 170 cm³/mol. The third kappa shape index (κ3) is 7.01. The fourth-order valence-corrected chi connectivity index (χ4v) is 6.13. The van der Waals surface area contributed by atoms with E-state index in [-0.39, 0.29) is 31.0 Å². The quantitative estimate of drug-likeness (QED) is 0.271. The zero-order valence-electron chi connectivity index (χ0n) is 25.8. The number of fused-ring (bicyclic) bond motifs is 3. The van der Waals surface area contributed by atoms with E-state index in [1.165, 1.54) is 4.90 Å². The Bertz CT molecular complexity index is 1510. The molecule has 2 aliphatic rings. The molecule has 4 amide bonds. The van der Waals surface area contributed by atoms with Gasteiger partial charge in [-0.2, -0.15) is 0 Å². The fourth-order valence-electron chi connectivity index (χ4n) is 6.13. The van der Waals surface area contributed by atoms with Crippen molar-refractivity contribution in [1.29, 1.82) is 0 Å². The third-order valence-electron chi connectivity index (χ3n) is 8.54. The number of nitrogens with zero attached hydrogens (tertiary/aromatic N) is 1. The highest BCUT2D eigenvalue weighted by Gasteiger charge is 2.38. The van der Waals surface area contributed by atoms with E-state index < -0.39 is 36.0 Å². The molecule has 1 aliphatic carbocycles. The second kappa shape index (κ2) is 13.9. The number of ether oxygens (including phenoxy) is 1. The topological polar surface area (TPSA) is 137 Å². The number of aliphatic hydroxyl groups is 1. The summed E-state index contributed by atoms with van der Waals surface area (Å²) in [5.74, 6) is -1.51. The second-order valence-corrected chi connectivity index (χ2v) is 12.0. The van der Waals surface area contributed by atoms with Crippen molar-refractivity contribution in [2.24, 2.45) is 5.92 Å². The van der Waals surface area contributed by atoms with Crippen molar-refractivity contribution in [1.82, 2.24) is 15.5 Å². The molecule has 45 heavy (non-hydrogen) atoms. The first-order valence-electron chi connectivity index (χ1n) is 15.4. The van der Waals surface area contributed by atoms with Crippen LogP contribution in [0.15, 0.2) is 72.8 Å². The lowest BCUT2D eigenvalue weighted by Gasteiger charge is -2.29. The highest BCUT2D eigenvalue weighted by atomic mass is 16.5. The van der Waals surface area contributed by atoms with Crippen molar-refractivity contribution < 1.29 is 29.0 Å². The third-order valence-corrected chi connectivity index (χ3v) is 8.54. The summed E-state index contributed by atoms with van der Waals surface area (Å²) in [6, 6.07) is 20.4. The minimum Gasteiger partial charge on any atom is -0.449 e. The van der Waals surface area contributed by atoms with Gasteiger partial charge in [-0.15, -0.1) is 0 Å². The van der Waals surface area contributed by atoms with E-state index in [0.717, 1.165) is 27.8 Å². The van der Waals surface area contributed by atoms with Crippen molar-refractivity contribution in [3.8, 4) is 11.1 Å². The average Bonchev–Trinajstić information content (AvgIpc) is 3.66. The van der Waals surface area contributed by atoms with E-state index >= 15 is 0 Å². The fraction of sp³-hybridized carbons (Fsp3) is 0.371. The molecule has 0 spiro atoms. The molecule has 0 unspecified atom stereocenters. The first-order valence-corrected chi connectivity index (χ1v) is 15.4. The zero-order chi connectivity index (χ0) is 32.1. The van der Waals surface area contributed by atoms with Crippen LogP contribution in [0, 0.1) is 5.92 Å². The summed E-state index contributed by atoms with van der Waals surface area (Å²) in [4.78, 5) is 54.1. The Morgan fingerprint density at radius 2 is 1.51 bits per heavy atom. The number of carbonyl (C=O) groups is 4. The van der Waals surface area contributed by atoms with Crippen LogP contribution < -0.4 is 16.0 Å². The minimum atomic E-state index is -0.917. The van der Waals surface area contributed by atoms with Gasteiger partial charge in [-0.1, -0.05) is 74.5 Å². The Morgan fingerprint density at radius 3 is 2.11 bits per heavy atom. The van der Waals surface area contributed by atoms with Crippen LogP contribution in [0.2, 0.25) is 0 Å². The van der Waals surface area contributed by atoms with Gasteiger partial charge in [-0.25, -0.2) is 4.79 Å². The summed E-state index contributed by atoms with van der Waals surface area (Å²) < 4.78 is 5.61. The Balaban J connectivity index is 1.16. The molecule has 1 saturated heterocycles. The van der Waals surface area contributed by atoms with Gasteiger partial charge in [0.25, 0.3) is 0 Å². The van der Waals surface area contributed by atoms with Gasteiger partial charge in [-0.05, 0) is 65.6 Å². The molecule has 1 aliphatic heterocycles. The molecule has 0 radical (unpaired) electrons. The molecule has 1 heterocycles. The average molecular weight is 613 g/mol. The van der Waals surface area contributed by atoms with E-state index in [0.29, 0.717) is 25.1 Å². The van der Waals surface area contributed by atoms with Crippen molar-refractivity contribution >= 4 is 29.5 Å². The largest absolute Gasteiger partial charge is 0.449 e. The van der Waals surface area contributed by atoms with Gasteiger partial charge in [-0.3, -0.25) is 14.4 Å². The van der Waals surface area contributed by atoms with Crippen LogP contribution in [0.3, 0.4) is 0 Å². The van der Waals surface area contributed by atoms with Crippen LogP contribution >= 0.6 is 0 Å². The van der Waals surface area contributed by atoms with Gasteiger partial charge in [0.15, 0.2) is 0 Å². The highest BCUT2D eigenvalue weighted by molar-refractivity contribution is 5.99. The van der Waals surface area contributed by atoms with E-state index in [4.69, 9.17) is 4.74 Å². The van der Waals surface area contributed by atoms with Gasteiger partial charge >= 0.3 is 6.09 Å². The number of carbonyl (C=O) groups excluding carboxylic acids is 4. The number of likely N-dealkylation sites (tertiary alicyclic amines) is 1. The summed E-state index contributed by atoms with van der Waals surface area (Å²) in [5.41, 5.74) is 5.69. The maximum Gasteiger partial charge on any atom is 0.407 e. The molecule has 10 heteroatoms. The van der Waals surface area contributed by atoms with Crippen LogP contribution in [0.4, 0.5) is 10.5 Å². The summed E-state index contributed by atoms with van der Waals surface area (Å²) >= 11 is 0. The molecule has 4 N–H and O–H groups in total. The van der Waals surface area contributed by atoms with Crippen LogP contribution in [-0.4, -0.2) is 65.1 Å². The van der Waals surface area contributed by atoms with E-state index in [1.54, 1.807) is 31.2 Å². The number of rotatable bonds is 10.